The third-order valence-corrected chi connectivity index (χ3v) is 7.10. The lowest BCUT2D eigenvalue weighted by atomic mass is 9.85. The normalized spacial score (nSPS) is 18.2. The van der Waals surface area contributed by atoms with Crippen LogP contribution in [-0.4, -0.2) is 27.9 Å². The fourth-order valence-electron chi connectivity index (χ4n) is 5.37. The molecule has 2 aliphatic rings. The summed E-state index contributed by atoms with van der Waals surface area (Å²) in [5, 5.41) is 0.951. The van der Waals surface area contributed by atoms with Crippen LogP contribution in [0.25, 0.3) is 10.9 Å². The third-order valence-electron chi connectivity index (χ3n) is 7.10. The smallest absolute Gasteiger partial charge is 0.332 e. The number of hydrogen-bond donors (Lipinski definition) is 1. The minimum Gasteiger partial charge on any atom is -0.451 e. The highest BCUT2D eigenvalue weighted by atomic mass is 19.2. The van der Waals surface area contributed by atoms with Gasteiger partial charge < -0.3 is 14.6 Å². The van der Waals surface area contributed by atoms with Crippen molar-refractivity contribution in [2.45, 2.75) is 31.8 Å². The molecule has 38 heavy (non-hydrogen) atoms. The SMILES string of the molecule is CC1(C)c2[nH]c3ccccc3c2C[C@@H]2C(=O)N(c3cccc(Oc4c(F)c(F)c(F)c(F)c4F)c3)C(=O)N21. The standard InChI is InChI=1S/C27H18F5N3O3/c1-27(2)24-15(14-8-3-4-9-16(14)33-24)11-17-25(36)34(26(37)35(17)27)12-6-5-7-13(10-12)38-23-21(31)19(29)18(28)20(30)22(23)32/h3-10,17,33H,11H2,1-2H3/t17-/m1/s1. The van der Waals surface area contributed by atoms with Crippen molar-refractivity contribution in [3.05, 3.63) is 88.9 Å². The number of halogens is 5. The molecule has 1 N–H and O–H groups in total. The number of aromatic amines is 1. The van der Waals surface area contributed by atoms with Crippen LogP contribution in [0, 0.1) is 29.1 Å². The number of rotatable bonds is 3. The Morgan fingerprint density at radius 1 is 0.895 bits per heavy atom. The van der Waals surface area contributed by atoms with E-state index in [9.17, 15) is 31.5 Å². The van der Waals surface area contributed by atoms with E-state index in [-0.39, 0.29) is 17.9 Å². The molecule has 1 saturated heterocycles. The van der Waals surface area contributed by atoms with Crippen molar-refractivity contribution < 1.29 is 36.3 Å². The first kappa shape index (κ1) is 24.0. The van der Waals surface area contributed by atoms with Gasteiger partial charge in [-0.05, 0) is 37.6 Å². The molecule has 4 aromatic rings. The summed E-state index contributed by atoms with van der Waals surface area (Å²) in [7, 11) is 0. The van der Waals surface area contributed by atoms with Crippen LogP contribution in [0.4, 0.5) is 32.4 Å². The van der Waals surface area contributed by atoms with Crippen molar-refractivity contribution in [3.63, 3.8) is 0 Å². The molecule has 0 spiro atoms. The van der Waals surface area contributed by atoms with Crippen LogP contribution in [-0.2, 0) is 16.8 Å². The Kier molecular flexibility index (Phi) is 5.07. The van der Waals surface area contributed by atoms with Crippen molar-refractivity contribution in [2.75, 3.05) is 4.90 Å². The first-order valence-electron chi connectivity index (χ1n) is 11.6. The highest BCUT2D eigenvalue weighted by molar-refractivity contribution is 6.22. The second-order valence-electron chi connectivity index (χ2n) is 9.63. The number of urea groups is 1. The van der Waals surface area contributed by atoms with Gasteiger partial charge in [-0.2, -0.15) is 8.78 Å². The van der Waals surface area contributed by atoms with Gasteiger partial charge in [-0.3, -0.25) is 4.79 Å². The second-order valence-corrected chi connectivity index (χ2v) is 9.63. The zero-order chi connectivity index (χ0) is 27.1. The average Bonchev–Trinajstić information content (AvgIpc) is 3.40. The number of nitrogens with zero attached hydrogens (tertiary/aromatic N) is 2. The van der Waals surface area contributed by atoms with Crippen LogP contribution in [0.15, 0.2) is 48.5 Å². The molecule has 0 aliphatic carbocycles. The van der Waals surface area contributed by atoms with Gasteiger partial charge in [0.15, 0.2) is 0 Å². The average molecular weight is 527 g/mol. The van der Waals surface area contributed by atoms with Crippen LogP contribution in [0.2, 0.25) is 0 Å². The lowest BCUT2D eigenvalue weighted by Gasteiger charge is -2.42. The first-order chi connectivity index (χ1) is 18.0. The summed E-state index contributed by atoms with van der Waals surface area (Å²) < 4.78 is 73.9. The molecule has 0 unspecified atom stereocenters. The van der Waals surface area contributed by atoms with Crippen LogP contribution >= 0.6 is 0 Å². The number of para-hydroxylation sites is 1. The molecule has 3 amide bonds. The Balaban J connectivity index is 1.37. The second kappa shape index (κ2) is 8.04. The van der Waals surface area contributed by atoms with E-state index in [1.807, 2.05) is 38.1 Å². The molecule has 2 aliphatic heterocycles. The maximum Gasteiger partial charge on any atom is 0.332 e. The molecule has 0 saturated carbocycles. The van der Waals surface area contributed by atoms with Crippen LogP contribution in [0.5, 0.6) is 11.5 Å². The van der Waals surface area contributed by atoms with Gasteiger partial charge >= 0.3 is 6.03 Å². The van der Waals surface area contributed by atoms with Gasteiger partial charge in [0.25, 0.3) is 5.91 Å². The first-order valence-corrected chi connectivity index (χ1v) is 11.6. The minimum absolute atomic E-state index is 0.0140. The lowest BCUT2D eigenvalue weighted by Crippen LogP contribution is -2.52. The summed E-state index contributed by atoms with van der Waals surface area (Å²) in [4.78, 5) is 32.9. The van der Waals surface area contributed by atoms with E-state index in [4.69, 9.17) is 4.74 Å². The summed E-state index contributed by atoms with van der Waals surface area (Å²) in [6.45, 7) is 3.65. The zero-order valence-electron chi connectivity index (χ0n) is 19.9. The number of H-pyrrole nitrogens is 1. The van der Waals surface area contributed by atoms with Crippen molar-refractivity contribution in [2.24, 2.45) is 0 Å². The molecule has 3 heterocycles. The molecule has 1 fully saturated rings. The topological polar surface area (TPSA) is 65.6 Å². The van der Waals surface area contributed by atoms with Gasteiger partial charge in [0, 0.05) is 29.1 Å². The summed E-state index contributed by atoms with van der Waals surface area (Å²) in [6.07, 6.45) is 0.268. The number of nitrogens with one attached hydrogen (secondary N) is 1. The number of carbonyl (C=O) groups excluding carboxylic acids is 2. The van der Waals surface area contributed by atoms with E-state index < -0.39 is 58.4 Å². The Labute approximate surface area is 212 Å². The summed E-state index contributed by atoms with van der Waals surface area (Å²) >= 11 is 0. The molecule has 3 aromatic carbocycles. The number of aromatic nitrogens is 1. The van der Waals surface area contributed by atoms with E-state index in [0.717, 1.165) is 33.1 Å². The van der Waals surface area contributed by atoms with Crippen LogP contribution in [0.3, 0.4) is 0 Å². The van der Waals surface area contributed by atoms with E-state index in [1.165, 1.54) is 23.1 Å². The van der Waals surface area contributed by atoms with Gasteiger partial charge in [0.05, 0.1) is 11.2 Å². The number of hydrogen-bond acceptors (Lipinski definition) is 3. The number of ether oxygens (including phenoxy) is 1. The van der Waals surface area contributed by atoms with Crippen molar-refractivity contribution >= 4 is 28.5 Å². The van der Waals surface area contributed by atoms with Gasteiger partial charge in [-0.15, -0.1) is 0 Å². The number of fused-ring (bicyclic) bond motifs is 4. The van der Waals surface area contributed by atoms with E-state index >= 15 is 0 Å². The zero-order valence-corrected chi connectivity index (χ0v) is 19.9. The number of imide groups is 1. The molecular weight excluding hydrogens is 509 g/mol. The van der Waals surface area contributed by atoms with E-state index in [0.29, 0.717) is 0 Å². The summed E-state index contributed by atoms with van der Waals surface area (Å²) in [6, 6.07) is 11.2. The number of amides is 3. The fourth-order valence-corrected chi connectivity index (χ4v) is 5.37. The van der Waals surface area contributed by atoms with Crippen LogP contribution < -0.4 is 9.64 Å². The van der Waals surface area contributed by atoms with Gasteiger partial charge in [0.1, 0.15) is 11.8 Å². The molecule has 1 atom stereocenters. The Hall–Kier alpha value is -4.41. The highest BCUT2D eigenvalue weighted by Gasteiger charge is 2.56. The quantitative estimate of drug-likeness (QED) is 0.148. The molecule has 1 aromatic heterocycles. The van der Waals surface area contributed by atoms with E-state index in [2.05, 4.69) is 4.98 Å². The Morgan fingerprint density at radius 3 is 2.26 bits per heavy atom. The van der Waals surface area contributed by atoms with Gasteiger partial charge in [0.2, 0.25) is 34.8 Å². The fraction of sp³-hybridized carbons (Fsp3) is 0.185. The molecule has 11 heteroatoms. The van der Waals surface area contributed by atoms with Gasteiger partial charge in [-0.1, -0.05) is 24.3 Å². The number of anilines is 1. The number of carbonyl (C=O) groups is 2. The van der Waals surface area contributed by atoms with Crippen LogP contribution in [0.1, 0.15) is 25.1 Å². The van der Waals surface area contributed by atoms with E-state index in [1.54, 1.807) is 0 Å². The van der Waals surface area contributed by atoms with Crippen molar-refractivity contribution in [1.82, 2.24) is 9.88 Å². The summed E-state index contributed by atoms with van der Waals surface area (Å²) in [5.41, 5.74) is 1.75. The largest absolute Gasteiger partial charge is 0.451 e. The summed E-state index contributed by atoms with van der Waals surface area (Å²) in [5.74, 6) is -13.3. The molecule has 6 nitrogen and oxygen atoms in total. The third kappa shape index (κ3) is 3.17. The number of benzene rings is 3. The lowest BCUT2D eigenvalue weighted by molar-refractivity contribution is -0.121. The Morgan fingerprint density at radius 2 is 1.55 bits per heavy atom. The molecule has 0 bridgehead atoms. The molecule has 6 rings (SSSR count). The minimum atomic E-state index is -2.31. The van der Waals surface area contributed by atoms with Gasteiger partial charge in [-0.25, -0.2) is 22.9 Å². The Bertz CT molecular complexity index is 1650. The monoisotopic (exact) mass is 527 g/mol. The molecular formula is C27H18F5N3O3. The predicted molar refractivity (Wildman–Crippen MR) is 126 cm³/mol. The highest BCUT2D eigenvalue weighted by Crippen LogP contribution is 2.45. The maximum absolute atomic E-state index is 14.1. The van der Waals surface area contributed by atoms with Crippen molar-refractivity contribution in [3.8, 4) is 11.5 Å². The van der Waals surface area contributed by atoms with Crippen molar-refractivity contribution in [1.29, 1.82) is 0 Å². The predicted octanol–water partition coefficient (Wildman–Crippen LogP) is 6.28. The molecule has 194 valence electrons. The maximum atomic E-state index is 14.1. The molecule has 0 radical (unpaired) electrons.